The van der Waals surface area contributed by atoms with E-state index in [0.29, 0.717) is 0 Å². The Hall–Kier alpha value is -1.14. The van der Waals surface area contributed by atoms with Gasteiger partial charge < -0.3 is 20.1 Å². The molecule has 2 rings (SSSR count). The van der Waals surface area contributed by atoms with Crippen molar-refractivity contribution < 1.29 is 4.52 Å². The number of hydrogen-bond acceptors (Lipinski definition) is 6. The van der Waals surface area contributed by atoms with E-state index in [1.807, 2.05) is 6.92 Å². The molecule has 1 atom stereocenters. The zero-order valence-electron chi connectivity index (χ0n) is 11.3. The molecule has 0 aliphatic carbocycles. The van der Waals surface area contributed by atoms with Gasteiger partial charge >= 0.3 is 0 Å². The Morgan fingerprint density at radius 3 is 2.72 bits per heavy atom. The topological polar surface area (TPSA) is 71.4 Å². The minimum Gasteiger partial charge on any atom is -0.337 e. The fraction of sp³-hybridized carbons (Fsp3) is 0.833. The smallest absolute Gasteiger partial charge is 0.266 e. The van der Waals surface area contributed by atoms with Gasteiger partial charge in [-0.3, -0.25) is 0 Å². The van der Waals surface area contributed by atoms with Crippen LogP contribution in [0.1, 0.15) is 25.7 Å². The van der Waals surface area contributed by atoms with E-state index >= 15 is 0 Å². The van der Waals surface area contributed by atoms with E-state index in [2.05, 4.69) is 27.0 Å². The lowest BCUT2D eigenvalue weighted by Gasteiger charge is -2.31. The van der Waals surface area contributed by atoms with Crippen molar-refractivity contribution in [2.75, 3.05) is 38.1 Å². The zero-order valence-corrected chi connectivity index (χ0v) is 11.3. The Morgan fingerprint density at radius 2 is 2.06 bits per heavy atom. The van der Waals surface area contributed by atoms with E-state index in [-0.39, 0.29) is 6.04 Å². The fourth-order valence-corrected chi connectivity index (χ4v) is 2.06. The highest BCUT2D eigenvalue weighted by Crippen LogP contribution is 2.13. The Kier molecular flexibility index (Phi) is 4.54. The van der Waals surface area contributed by atoms with Crippen LogP contribution in [0.15, 0.2) is 4.52 Å². The molecule has 1 aliphatic heterocycles. The summed E-state index contributed by atoms with van der Waals surface area (Å²) >= 11 is 0. The highest BCUT2D eigenvalue weighted by Gasteiger charge is 2.18. The molecule has 1 fully saturated rings. The summed E-state index contributed by atoms with van der Waals surface area (Å²) in [6.45, 7) is 6.05. The number of nitrogens with two attached hydrogens (primary N) is 1. The van der Waals surface area contributed by atoms with Crippen LogP contribution in [0.3, 0.4) is 0 Å². The first-order chi connectivity index (χ1) is 8.65. The van der Waals surface area contributed by atoms with Crippen molar-refractivity contribution >= 4 is 5.95 Å². The molecule has 1 unspecified atom stereocenters. The molecule has 0 saturated carbocycles. The van der Waals surface area contributed by atoms with Crippen molar-refractivity contribution in [2.24, 2.45) is 5.73 Å². The summed E-state index contributed by atoms with van der Waals surface area (Å²) in [5.41, 5.74) is 5.71. The molecule has 0 radical (unpaired) electrons. The van der Waals surface area contributed by atoms with Crippen LogP contribution in [-0.2, 0) is 6.42 Å². The number of aryl methyl sites for hydroxylation is 1. The summed E-state index contributed by atoms with van der Waals surface area (Å²) < 4.78 is 5.27. The molecular weight excluding hydrogens is 230 g/mol. The van der Waals surface area contributed by atoms with E-state index in [1.54, 1.807) is 0 Å². The van der Waals surface area contributed by atoms with Gasteiger partial charge in [-0.15, -0.1) is 0 Å². The average molecular weight is 253 g/mol. The van der Waals surface area contributed by atoms with Gasteiger partial charge in [0.2, 0.25) is 5.89 Å². The zero-order chi connectivity index (χ0) is 13.0. The predicted molar refractivity (Wildman–Crippen MR) is 70.6 cm³/mol. The average Bonchev–Trinajstić information content (AvgIpc) is 2.78. The van der Waals surface area contributed by atoms with Crippen molar-refractivity contribution in [3.8, 4) is 0 Å². The lowest BCUT2D eigenvalue weighted by Crippen LogP contribution is -2.44. The van der Waals surface area contributed by atoms with Gasteiger partial charge in [0, 0.05) is 38.6 Å². The van der Waals surface area contributed by atoms with E-state index in [4.69, 9.17) is 10.3 Å². The summed E-state index contributed by atoms with van der Waals surface area (Å²) in [4.78, 5) is 8.93. The lowest BCUT2D eigenvalue weighted by molar-refractivity contribution is 0.308. The van der Waals surface area contributed by atoms with Crippen LogP contribution >= 0.6 is 0 Å². The number of anilines is 1. The maximum Gasteiger partial charge on any atom is 0.266 e. The number of hydrogen-bond donors (Lipinski definition) is 1. The molecule has 1 aromatic heterocycles. The molecule has 18 heavy (non-hydrogen) atoms. The molecule has 2 heterocycles. The molecule has 1 saturated heterocycles. The third kappa shape index (κ3) is 3.68. The number of aromatic nitrogens is 2. The molecule has 1 aromatic rings. The van der Waals surface area contributed by atoms with E-state index in [9.17, 15) is 0 Å². The molecule has 2 N–H and O–H groups in total. The van der Waals surface area contributed by atoms with Crippen molar-refractivity contribution in [3.05, 3.63) is 5.89 Å². The molecule has 6 heteroatoms. The second kappa shape index (κ2) is 6.15. The highest BCUT2D eigenvalue weighted by molar-refractivity contribution is 5.28. The van der Waals surface area contributed by atoms with Crippen LogP contribution in [0.2, 0.25) is 0 Å². The normalized spacial score (nSPS) is 19.2. The monoisotopic (exact) mass is 253 g/mol. The van der Waals surface area contributed by atoms with Crippen LogP contribution < -0.4 is 10.6 Å². The second-order valence-corrected chi connectivity index (χ2v) is 5.15. The van der Waals surface area contributed by atoms with Crippen LogP contribution in [-0.4, -0.2) is 54.3 Å². The first-order valence-corrected chi connectivity index (χ1v) is 6.67. The number of nitrogens with zero attached hydrogens (tertiary/aromatic N) is 4. The van der Waals surface area contributed by atoms with E-state index in [0.717, 1.165) is 57.3 Å². The first kappa shape index (κ1) is 13.3. The summed E-state index contributed by atoms with van der Waals surface area (Å²) in [5, 5.41) is 4.05. The molecule has 0 aromatic carbocycles. The molecule has 0 spiro atoms. The van der Waals surface area contributed by atoms with Crippen molar-refractivity contribution in [3.63, 3.8) is 0 Å². The number of piperazine rings is 1. The minimum atomic E-state index is 0.241. The molecule has 102 valence electrons. The quantitative estimate of drug-likeness (QED) is 0.823. The number of rotatable bonds is 5. The molecular formula is C12H23N5O. The Labute approximate surface area is 108 Å². The van der Waals surface area contributed by atoms with Gasteiger partial charge in [-0.2, -0.15) is 4.98 Å². The van der Waals surface area contributed by atoms with E-state index in [1.165, 1.54) is 0 Å². The molecule has 1 aliphatic rings. The van der Waals surface area contributed by atoms with Crippen LogP contribution in [0.25, 0.3) is 0 Å². The second-order valence-electron chi connectivity index (χ2n) is 5.15. The third-order valence-corrected chi connectivity index (χ3v) is 3.29. The van der Waals surface area contributed by atoms with Crippen molar-refractivity contribution in [1.82, 2.24) is 15.0 Å². The summed E-state index contributed by atoms with van der Waals surface area (Å²) in [6, 6.07) is 0.241. The van der Waals surface area contributed by atoms with Gasteiger partial charge in [-0.25, -0.2) is 0 Å². The third-order valence-electron chi connectivity index (χ3n) is 3.29. The summed E-state index contributed by atoms with van der Waals surface area (Å²) in [5.74, 6) is 1.46. The van der Waals surface area contributed by atoms with Gasteiger partial charge in [0.15, 0.2) is 0 Å². The van der Waals surface area contributed by atoms with E-state index < -0.39 is 0 Å². The Morgan fingerprint density at radius 1 is 1.33 bits per heavy atom. The SMILES string of the molecule is CC(N)CCCc1nc(N2CCN(C)CC2)no1. The van der Waals surface area contributed by atoms with Crippen LogP contribution in [0.4, 0.5) is 5.95 Å². The molecule has 6 nitrogen and oxygen atoms in total. The largest absolute Gasteiger partial charge is 0.337 e. The van der Waals surface area contributed by atoms with Gasteiger partial charge in [-0.05, 0) is 32.0 Å². The van der Waals surface area contributed by atoms with Crippen LogP contribution in [0.5, 0.6) is 0 Å². The van der Waals surface area contributed by atoms with Crippen molar-refractivity contribution in [2.45, 2.75) is 32.2 Å². The lowest BCUT2D eigenvalue weighted by atomic mass is 10.1. The first-order valence-electron chi connectivity index (χ1n) is 6.67. The minimum absolute atomic E-state index is 0.241. The van der Waals surface area contributed by atoms with Crippen molar-refractivity contribution in [1.29, 1.82) is 0 Å². The predicted octanol–water partition coefficient (Wildman–Crippen LogP) is 0.491. The Balaban J connectivity index is 1.82. The number of likely N-dealkylation sites (N-methyl/N-ethyl adjacent to an activating group) is 1. The molecule has 0 bridgehead atoms. The standard InChI is InChI=1S/C12H23N5O/c1-10(13)4-3-5-11-14-12(15-18-11)17-8-6-16(2)7-9-17/h10H,3-9,13H2,1-2H3. The summed E-state index contributed by atoms with van der Waals surface area (Å²) in [7, 11) is 2.13. The maximum absolute atomic E-state index is 5.71. The maximum atomic E-state index is 5.71. The summed E-state index contributed by atoms with van der Waals surface area (Å²) in [6.07, 6.45) is 2.82. The highest BCUT2D eigenvalue weighted by atomic mass is 16.5. The Bertz CT molecular complexity index is 357. The van der Waals surface area contributed by atoms with Gasteiger partial charge in [0.25, 0.3) is 5.95 Å². The van der Waals surface area contributed by atoms with Gasteiger partial charge in [0.05, 0.1) is 0 Å². The van der Waals surface area contributed by atoms with Crippen LogP contribution in [0, 0.1) is 0 Å². The molecule has 0 amide bonds. The van der Waals surface area contributed by atoms with Gasteiger partial charge in [-0.1, -0.05) is 0 Å². The van der Waals surface area contributed by atoms with Gasteiger partial charge in [0.1, 0.15) is 0 Å². The fourth-order valence-electron chi connectivity index (χ4n) is 2.06.